The van der Waals surface area contributed by atoms with E-state index in [2.05, 4.69) is 133 Å². The second-order valence-electron chi connectivity index (χ2n) is 23.0. The number of H-pyrrole nitrogens is 4. The summed E-state index contributed by atoms with van der Waals surface area (Å²) in [5.41, 5.74) is 19.3. The fourth-order valence-corrected chi connectivity index (χ4v) is 10.1. The van der Waals surface area contributed by atoms with Crippen LogP contribution in [0.4, 0.5) is 14.5 Å². The summed E-state index contributed by atoms with van der Waals surface area (Å²) >= 11 is 0. The fraction of sp³-hybridized carbons (Fsp3) is 0.268. The molecule has 10 rings (SSSR count). The van der Waals surface area contributed by atoms with Gasteiger partial charge in [-0.3, -0.25) is 20.2 Å². The maximum atomic E-state index is 14.8. The zero-order valence-corrected chi connectivity index (χ0v) is 51.9. The van der Waals surface area contributed by atoms with Crippen LogP contribution >= 0.6 is 0 Å². The van der Waals surface area contributed by atoms with Crippen LogP contribution in [-0.4, -0.2) is 101 Å². The number of anilines is 1. The van der Waals surface area contributed by atoms with Gasteiger partial charge in [0, 0.05) is 63.3 Å². The summed E-state index contributed by atoms with van der Waals surface area (Å²) in [4.78, 5) is 29.4. The fourth-order valence-electron chi connectivity index (χ4n) is 10.1. The smallest absolute Gasteiger partial charge is 0.138 e. The number of hydrogen-bond donors (Lipinski definition) is 5. The summed E-state index contributed by atoms with van der Waals surface area (Å²) < 4.78 is 29.5. The van der Waals surface area contributed by atoms with E-state index >= 15 is 0 Å². The molecule has 13 nitrogen and oxygen atoms in total. The molecule has 0 atom stereocenters. The van der Waals surface area contributed by atoms with E-state index in [9.17, 15) is 8.78 Å². The minimum atomic E-state index is -0.248. The van der Waals surface area contributed by atoms with Gasteiger partial charge in [-0.05, 0) is 211 Å². The standard InChI is InChI=1S/C37H42FN7.C32H33FN6.C2H6/c1-9-11-30(26-16-25(17-28(38)18-26)12-10-15-45(7)8)31-20-34(40-23(31)2)36-35-33(43-44-36)14-13-32(42-35)27-19-29(22-39-21-27)41-24(3)37(4,5)6;1-20(28-19-34-12-10-21(28)2)8-9-29-22(3)31(38-37-29)30-18-27-26(11-13-35-32(27)36-30)24-15-23(16-25(33)17-24)7-6-14-39(4)5;1-2/h9,11,13-14,16-22,40-41H,1,3,10,12,15H2,2,4-8H3,(H,43,44);8-13,15-19,37H,3,6-7,14H2,1-2,4-5H3,(H,35,36);1-2H3/b30-11-;20-8+,29-9+;. The summed E-state index contributed by atoms with van der Waals surface area (Å²) in [6.07, 6.45) is 20.2. The van der Waals surface area contributed by atoms with E-state index in [1.165, 1.54) is 5.56 Å². The Balaban J connectivity index is 0.000000219. The van der Waals surface area contributed by atoms with Crippen LogP contribution in [0.2, 0.25) is 0 Å². The molecule has 0 spiro atoms. The molecule has 0 saturated carbocycles. The van der Waals surface area contributed by atoms with Crippen LogP contribution < -0.4 is 15.9 Å². The zero-order chi connectivity index (χ0) is 61.8. The van der Waals surface area contributed by atoms with E-state index in [0.29, 0.717) is 5.69 Å². The van der Waals surface area contributed by atoms with Gasteiger partial charge in [0.25, 0.3) is 0 Å². The Kier molecular flexibility index (Phi) is 20.6. The molecule has 5 N–H and O–H groups in total. The van der Waals surface area contributed by atoms with Gasteiger partial charge in [-0.25, -0.2) is 18.7 Å². The lowest BCUT2D eigenvalue weighted by Crippen LogP contribution is -2.21. The van der Waals surface area contributed by atoms with Gasteiger partial charge in [-0.2, -0.15) is 10.2 Å². The van der Waals surface area contributed by atoms with Crippen molar-refractivity contribution in [3.8, 4) is 45.2 Å². The lowest BCUT2D eigenvalue weighted by Gasteiger charge is -2.23. The van der Waals surface area contributed by atoms with Gasteiger partial charge in [0.15, 0.2) is 0 Å². The van der Waals surface area contributed by atoms with Gasteiger partial charge in [0.05, 0.1) is 39.8 Å². The van der Waals surface area contributed by atoms with Crippen LogP contribution in [-0.2, 0) is 12.8 Å². The number of nitrogens with zero attached hydrogens (tertiary/aromatic N) is 8. The summed E-state index contributed by atoms with van der Waals surface area (Å²) in [7, 11) is 8.19. The summed E-state index contributed by atoms with van der Waals surface area (Å²) in [5.74, 6) is -0.479. The van der Waals surface area contributed by atoms with Gasteiger partial charge in [-0.1, -0.05) is 84.7 Å². The number of aryl methyl sites for hydroxylation is 4. The van der Waals surface area contributed by atoms with Crippen molar-refractivity contribution in [2.45, 2.75) is 81.1 Å². The average Bonchev–Trinajstić information content (AvgIpc) is 4.17. The summed E-state index contributed by atoms with van der Waals surface area (Å²) in [5, 5.41) is 21.3. The molecule has 8 aromatic heterocycles. The third-order valence-electron chi connectivity index (χ3n) is 14.8. The Morgan fingerprint density at radius 2 is 1.42 bits per heavy atom. The molecule has 444 valence electrons. The molecule has 0 bridgehead atoms. The number of rotatable bonds is 19. The second kappa shape index (κ2) is 28.1. The molecule has 0 aliphatic rings. The van der Waals surface area contributed by atoms with Crippen molar-refractivity contribution in [1.82, 2.24) is 60.1 Å². The van der Waals surface area contributed by atoms with Crippen LogP contribution in [0.25, 0.3) is 91.0 Å². The zero-order valence-electron chi connectivity index (χ0n) is 51.9. The van der Waals surface area contributed by atoms with E-state index in [1.807, 2.05) is 110 Å². The maximum absolute atomic E-state index is 14.8. The molecule has 0 amide bonds. The van der Waals surface area contributed by atoms with Gasteiger partial charge in [-0.15, -0.1) is 0 Å². The first kappa shape index (κ1) is 62.9. The summed E-state index contributed by atoms with van der Waals surface area (Å²) in [6, 6.07) is 24.5. The van der Waals surface area contributed by atoms with E-state index in [1.54, 1.807) is 55.1 Å². The number of pyridine rings is 4. The third-order valence-corrected chi connectivity index (χ3v) is 14.8. The van der Waals surface area contributed by atoms with E-state index < -0.39 is 0 Å². The van der Waals surface area contributed by atoms with Gasteiger partial charge in [0.1, 0.15) is 34.2 Å². The minimum Gasteiger partial charge on any atom is -0.358 e. The Hall–Kier alpha value is -9.18. The molecule has 2 aromatic carbocycles. The molecule has 0 aliphatic carbocycles. The Morgan fingerprint density at radius 3 is 2.12 bits per heavy atom. The number of benzene rings is 2. The van der Waals surface area contributed by atoms with Gasteiger partial charge >= 0.3 is 0 Å². The first-order valence-electron chi connectivity index (χ1n) is 29.2. The summed E-state index contributed by atoms with van der Waals surface area (Å²) in [6.45, 7) is 30.8. The maximum Gasteiger partial charge on any atom is 0.138 e. The van der Waals surface area contributed by atoms with Crippen molar-refractivity contribution in [2.75, 3.05) is 46.6 Å². The quantitative estimate of drug-likeness (QED) is 0.0497. The first-order valence-corrected chi connectivity index (χ1v) is 29.2. The van der Waals surface area contributed by atoms with Crippen LogP contribution in [0.3, 0.4) is 0 Å². The number of aromatic amines is 4. The molecule has 0 unspecified atom stereocenters. The number of aromatic nitrogens is 10. The van der Waals surface area contributed by atoms with E-state index in [4.69, 9.17) is 4.98 Å². The van der Waals surface area contributed by atoms with Crippen molar-refractivity contribution >= 4 is 51.6 Å². The number of fused-ring (bicyclic) bond motifs is 2. The highest BCUT2D eigenvalue weighted by Crippen LogP contribution is 2.36. The van der Waals surface area contributed by atoms with Crippen LogP contribution in [0.5, 0.6) is 0 Å². The monoisotopic (exact) mass is 1150 g/mol. The topological polar surface area (TPSA) is 159 Å². The normalized spacial score (nSPS) is 12.2. The van der Waals surface area contributed by atoms with Gasteiger partial charge < -0.3 is 25.1 Å². The van der Waals surface area contributed by atoms with Crippen molar-refractivity contribution in [3.05, 3.63) is 208 Å². The van der Waals surface area contributed by atoms with E-state index in [0.717, 1.165) is 167 Å². The largest absolute Gasteiger partial charge is 0.358 e. The SMILES string of the molecule is C=C/C=C(/c1cc(F)cc(CCCN(C)C)c1)c1cc(-c2n[nH]c3ccc(-c4cncc(NC(=C)C(C)(C)C)c4)nc23)[nH]c1C.C=c1c(-c2cc3c(-c4cc(F)cc(CCCN(C)C)c4)ccnc3[nH]2)n[nH]/c1=C/C=C(\C)c1cnccc1C.CC. The highest BCUT2D eigenvalue weighted by atomic mass is 19.1. The molecule has 0 aliphatic heterocycles. The number of allylic oxidation sites excluding steroid dienone is 5. The number of halogens is 2. The lowest BCUT2D eigenvalue weighted by atomic mass is 9.93. The molecule has 0 radical (unpaired) electrons. The van der Waals surface area contributed by atoms with Crippen molar-refractivity contribution in [2.24, 2.45) is 5.41 Å². The van der Waals surface area contributed by atoms with Crippen LogP contribution in [0, 0.1) is 30.9 Å². The predicted octanol–water partition coefficient (Wildman–Crippen LogP) is 14.8. The van der Waals surface area contributed by atoms with Crippen LogP contribution in [0.15, 0.2) is 147 Å². The lowest BCUT2D eigenvalue weighted by molar-refractivity contribution is 0.400. The third kappa shape index (κ3) is 15.4. The molecule has 10 aromatic rings. The first-order chi connectivity index (χ1) is 41.2. The molecular formula is C71H81F2N13. The molecule has 15 heteroatoms. The minimum absolute atomic E-state index is 0.0878. The van der Waals surface area contributed by atoms with Crippen molar-refractivity contribution in [1.29, 1.82) is 0 Å². The average molecular weight is 1150 g/mol. The molecule has 0 saturated heterocycles. The molecule has 86 heavy (non-hydrogen) atoms. The molecule has 8 heterocycles. The number of hydrogen-bond acceptors (Lipinski definition) is 9. The Labute approximate surface area is 504 Å². The second-order valence-corrected chi connectivity index (χ2v) is 23.0. The Morgan fingerprint density at radius 1 is 0.721 bits per heavy atom. The van der Waals surface area contributed by atoms with Gasteiger partial charge in [0.2, 0.25) is 0 Å². The Bertz CT molecular complexity index is 4200. The van der Waals surface area contributed by atoms with Crippen molar-refractivity contribution < 1.29 is 8.78 Å². The highest BCUT2D eigenvalue weighted by Gasteiger charge is 2.20. The predicted molar refractivity (Wildman–Crippen MR) is 354 cm³/mol. The van der Waals surface area contributed by atoms with E-state index in [-0.39, 0.29) is 17.0 Å². The molecular weight excluding hydrogens is 1070 g/mol. The van der Waals surface area contributed by atoms with Crippen molar-refractivity contribution in [3.63, 3.8) is 0 Å². The van der Waals surface area contributed by atoms with Crippen LogP contribution in [0.1, 0.15) is 93.5 Å². The molecule has 0 fully saturated rings. The number of nitrogens with one attached hydrogen (secondary N) is 5. The highest BCUT2D eigenvalue weighted by molar-refractivity contribution is 5.96.